The normalized spacial score (nSPS) is 15.6. The quantitative estimate of drug-likeness (QED) is 0.723. The number of hydrogen-bond acceptors (Lipinski definition) is 4. The van der Waals surface area contributed by atoms with Crippen LogP contribution in [-0.4, -0.2) is 22.8 Å². The smallest absolute Gasteiger partial charge is 0.287 e. The number of ether oxygens (including phenoxy) is 1. The van der Waals surface area contributed by atoms with E-state index < -0.39 is 0 Å². The molecule has 4 rings (SSSR count). The van der Waals surface area contributed by atoms with Gasteiger partial charge >= 0.3 is 0 Å². The Bertz CT molecular complexity index is 908. The molecule has 1 amide bonds. The fourth-order valence-corrected chi connectivity index (χ4v) is 3.80. The molecule has 1 aliphatic rings. The van der Waals surface area contributed by atoms with Gasteiger partial charge in [0.1, 0.15) is 11.5 Å². The zero-order chi connectivity index (χ0) is 18.7. The Morgan fingerprint density at radius 2 is 2.11 bits per heavy atom. The highest BCUT2D eigenvalue weighted by molar-refractivity contribution is 5.92. The lowest BCUT2D eigenvalue weighted by Crippen LogP contribution is -2.43. The summed E-state index contributed by atoms with van der Waals surface area (Å²) in [6, 6.07) is 13.4. The number of amides is 1. The molecule has 6 nitrogen and oxygen atoms in total. The number of carbonyl (C=O) groups is 1. The summed E-state index contributed by atoms with van der Waals surface area (Å²) in [5.74, 6) is 1.64. The van der Waals surface area contributed by atoms with Crippen molar-refractivity contribution in [3.8, 4) is 5.75 Å². The summed E-state index contributed by atoms with van der Waals surface area (Å²) in [6.45, 7) is 0.501. The van der Waals surface area contributed by atoms with Crippen LogP contribution in [0, 0.1) is 0 Å². The van der Waals surface area contributed by atoms with E-state index in [9.17, 15) is 4.79 Å². The highest BCUT2D eigenvalue weighted by atomic mass is 16.5. The number of benzene rings is 1. The van der Waals surface area contributed by atoms with Gasteiger partial charge in [0.2, 0.25) is 0 Å². The molecule has 0 saturated heterocycles. The summed E-state index contributed by atoms with van der Waals surface area (Å²) in [6.07, 6.45) is 7.56. The van der Waals surface area contributed by atoms with Gasteiger partial charge in [-0.3, -0.25) is 9.48 Å². The third kappa shape index (κ3) is 3.60. The van der Waals surface area contributed by atoms with Crippen LogP contribution in [0.2, 0.25) is 0 Å². The lowest BCUT2D eigenvalue weighted by atomic mass is 9.87. The molecule has 27 heavy (non-hydrogen) atoms. The molecule has 1 aliphatic carbocycles. The van der Waals surface area contributed by atoms with E-state index in [0.29, 0.717) is 18.1 Å². The summed E-state index contributed by atoms with van der Waals surface area (Å²) in [4.78, 5) is 12.9. The Balaban J connectivity index is 1.53. The molecule has 0 unspecified atom stereocenters. The number of nitrogens with zero attached hydrogens (tertiary/aromatic N) is 2. The minimum atomic E-state index is -0.374. The molecule has 1 fully saturated rings. The molecule has 0 aliphatic heterocycles. The Morgan fingerprint density at radius 3 is 2.85 bits per heavy atom. The number of rotatable bonds is 6. The van der Waals surface area contributed by atoms with Gasteiger partial charge in [-0.2, -0.15) is 5.10 Å². The van der Waals surface area contributed by atoms with Gasteiger partial charge in [-0.15, -0.1) is 0 Å². The van der Waals surface area contributed by atoms with Gasteiger partial charge in [-0.1, -0.05) is 25.0 Å². The van der Waals surface area contributed by atoms with E-state index in [1.807, 2.05) is 36.5 Å². The average molecular weight is 365 g/mol. The highest BCUT2D eigenvalue weighted by Crippen LogP contribution is 2.40. The molecule has 0 bridgehead atoms. The Kier molecular flexibility index (Phi) is 4.71. The average Bonchev–Trinajstić information content (AvgIpc) is 3.44. The molecular formula is C21H23N3O3. The number of carbonyl (C=O) groups excluding carboxylic acids is 1. The second-order valence-corrected chi connectivity index (χ2v) is 6.94. The maximum absolute atomic E-state index is 12.9. The first-order valence-corrected chi connectivity index (χ1v) is 9.22. The van der Waals surface area contributed by atoms with Crippen molar-refractivity contribution in [2.24, 2.45) is 0 Å². The van der Waals surface area contributed by atoms with Gasteiger partial charge in [-0.05, 0) is 48.7 Å². The number of nitrogens with one attached hydrogen (secondary N) is 1. The molecular weight excluding hydrogens is 342 g/mol. The Labute approximate surface area is 158 Å². The molecule has 0 radical (unpaired) electrons. The van der Waals surface area contributed by atoms with Crippen LogP contribution >= 0.6 is 0 Å². The number of methoxy groups -OCH3 is 1. The molecule has 0 spiro atoms. The molecule has 2 aromatic heterocycles. The standard InChI is InChI=1S/C21H23N3O3/c1-26-17-7-4-6-16(14-17)21(10-2-3-11-21)23-20(25)19-9-8-18(27-19)15-24-13-5-12-22-24/h4-9,12-14H,2-3,10-11,15H2,1H3,(H,23,25). The third-order valence-electron chi connectivity index (χ3n) is 5.19. The summed E-state index contributed by atoms with van der Waals surface area (Å²) in [5, 5.41) is 7.40. The van der Waals surface area contributed by atoms with E-state index in [-0.39, 0.29) is 11.4 Å². The van der Waals surface area contributed by atoms with Crippen molar-refractivity contribution in [3.05, 3.63) is 71.9 Å². The lowest BCUT2D eigenvalue weighted by Gasteiger charge is -2.31. The number of furan rings is 1. The fraction of sp³-hybridized carbons (Fsp3) is 0.333. The Hall–Kier alpha value is -3.02. The predicted molar refractivity (Wildman–Crippen MR) is 101 cm³/mol. The summed E-state index contributed by atoms with van der Waals surface area (Å²) >= 11 is 0. The van der Waals surface area contributed by atoms with Crippen LogP contribution in [0.1, 0.15) is 47.6 Å². The SMILES string of the molecule is COc1cccc(C2(NC(=O)c3ccc(Cn4cccn4)o3)CCCC2)c1. The predicted octanol–water partition coefficient (Wildman–Crippen LogP) is 3.73. The van der Waals surface area contributed by atoms with E-state index in [2.05, 4.69) is 16.5 Å². The van der Waals surface area contributed by atoms with Gasteiger partial charge in [-0.25, -0.2) is 0 Å². The van der Waals surface area contributed by atoms with Crippen molar-refractivity contribution in [2.45, 2.75) is 37.8 Å². The lowest BCUT2D eigenvalue weighted by molar-refractivity contribution is 0.0867. The summed E-state index contributed by atoms with van der Waals surface area (Å²) in [7, 11) is 1.66. The molecule has 2 heterocycles. The minimum absolute atomic E-state index is 0.188. The minimum Gasteiger partial charge on any atom is -0.497 e. The zero-order valence-electron chi connectivity index (χ0n) is 15.4. The van der Waals surface area contributed by atoms with E-state index in [1.54, 1.807) is 24.1 Å². The second kappa shape index (κ2) is 7.31. The van der Waals surface area contributed by atoms with Crippen molar-refractivity contribution in [3.63, 3.8) is 0 Å². The van der Waals surface area contributed by atoms with Gasteiger partial charge in [0.15, 0.2) is 5.76 Å². The van der Waals surface area contributed by atoms with Gasteiger partial charge in [0.05, 0.1) is 19.2 Å². The number of aromatic nitrogens is 2. The van der Waals surface area contributed by atoms with Crippen molar-refractivity contribution >= 4 is 5.91 Å². The monoisotopic (exact) mass is 365 g/mol. The van der Waals surface area contributed by atoms with Gasteiger partial charge in [0, 0.05) is 12.4 Å². The summed E-state index contributed by atoms with van der Waals surface area (Å²) < 4.78 is 12.9. The van der Waals surface area contributed by atoms with Crippen molar-refractivity contribution in [1.82, 2.24) is 15.1 Å². The molecule has 3 aromatic rings. The van der Waals surface area contributed by atoms with Crippen LogP contribution in [0.3, 0.4) is 0 Å². The first-order chi connectivity index (χ1) is 13.2. The van der Waals surface area contributed by atoms with E-state index >= 15 is 0 Å². The fourth-order valence-electron chi connectivity index (χ4n) is 3.80. The maximum atomic E-state index is 12.9. The van der Waals surface area contributed by atoms with E-state index in [4.69, 9.17) is 9.15 Å². The second-order valence-electron chi connectivity index (χ2n) is 6.94. The molecule has 140 valence electrons. The van der Waals surface area contributed by atoms with Crippen LogP contribution in [0.25, 0.3) is 0 Å². The molecule has 1 aromatic carbocycles. The van der Waals surface area contributed by atoms with Crippen molar-refractivity contribution in [1.29, 1.82) is 0 Å². The van der Waals surface area contributed by atoms with E-state index in [1.165, 1.54) is 0 Å². The maximum Gasteiger partial charge on any atom is 0.287 e. The third-order valence-corrected chi connectivity index (χ3v) is 5.19. The van der Waals surface area contributed by atoms with Gasteiger partial charge in [0.25, 0.3) is 5.91 Å². The molecule has 0 atom stereocenters. The largest absolute Gasteiger partial charge is 0.497 e. The zero-order valence-corrected chi connectivity index (χ0v) is 15.4. The topological polar surface area (TPSA) is 69.3 Å². The van der Waals surface area contributed by atoms with Crippen LogP contribution < -0.4 is 10.1 Å². The first-order valence-electron chi connectivity index (χ1n) is 9.22. The van der Waals surface area contributed by atoms with Crippen molar-refractivity contribution in [2.75, 3.05) is 7.11 Å². The Morgan fingerprint density at radius 1 is 1.26 bits per heavy atom. The first kappa shape index (κ1) is 17.4. The molecule has 1 saturated carbocycles. The van der Waals surface area contributed by atoms with E-state index in [0.717, 1.165) is 37.0 Å². The molecule has 6 heteroatoms. The highest BCUT2D eigenvalue weighted by Gasteiger charge is 2.38. The van der Waals surface area contributed by atoms with Crippen LogP contribution in [-0.2, 0) is 12.1 Å². The van der Waals surface area contributed by atoms with Gasteiger partial charge < -0.3 is 14.5 Å². The van der Waals surface area contributed by atoms with Crippen LogP contribution in [0.5, 0.6) is 5.75 Å². The summed E-state index contributed by atoms with van der Waals surface area (Å²) in [5.41, 5.74) is 0.705. The van der Waals surface area contributed by atoms with Crippen LogP contribution in [0.15, 0.2) is 59.3 Å². The van der Waals surface area contributed by atoms with Crippen LogP contribution in [0.4, 0.5) is 0 Å². The van der Waals surface area contributed by atoms with Crippen molar-refractivity contribution < 1.29 is 13.9 Å². The number of hydrogen-bond donors (Lipinski definition) is 1. The molecule has 1 N–H and O–H groups in total.